The highest BCUT2D eigenvalue weighted by Crippen LogP contribution is 2.19. The molecule has 1 rings (SSSR count). The molecule has 0 saturated carbocycles. The molecule has 2 N–H and O–H groups in total. The van der Waals surface area contributed by atoms with Crippen molar-refractivity contribution in [3.05, 3.63) is 29.6 Å². The zero-order chi connectivity index (χ0) is 12.0. The molecule has 0 aliphatic rings. The maximum Gasteiger partial charge on any atom is 0.233 e. The highest BCUT2D eigenvalue weighted by Gasteiger charge is 2.07. The van der Waals surface area contributed by atoms with Crippen LogP contribution in [-0.4, -0.2) is 26.6 Å². The fourth-order valence-corrected chi connectivity index (χ4v) is 1.25. The molecule has 1 aromatic rings. The largest absolute Gasteiger partial charge is 0.494 e. The standard InChI is InChI=1S/C11H15FN2O2/c1-13-10(15)7-14-6-8-4-3-5-9(16-2)11(8)12/h3-5,14H,6-7H2,1-2H3,(H,13,15). The Labute approximate surface area is 93.8 Å². The molecule has 0 unspecified atom stereocenters. The van der Waals surface area contributed by atoms with Crippen LogP contribution in [0, 0.1) is 5.82 Å². The van der Waals surface area contributed by atoms with E-state index < -0.39 is 5.82 Å². The third-order valence-electron chi connectivity index (χ3n) is 2.14. The smallest absolute Gasteiger partial charge is 0.233 e. The van der Waals surface area contributed by atoms with Crippen LogP contribution in [0.5, 0.6) is 5.75 Å². The second kappa shape index (κ2) is 6.07. The van der Waals surface area contributed by atoms with Crippen LogP contribution in [0.25, 0.3) is 0 Å². The number of carbonyl (C=O) groups is 1. The van der Waals surface area contributed by atoms with E-state index in [-0.39, 0.29) is 24.7 Å². The summed E-state index contributed by atoms with van der Waals surface area (Å²) in [6, 6.07) is 4.91. The molecule has 5 heteroatoms. The molecule has 88 valence electrons. The first-order valence-corrected chi connectivity index (χ1v) is 4.91. The number of likely N-dealkylation sites (N-methyl/N-ethyl adjacent to an activating group) is 1. The summed E-state index contributed by atoms with van der Waals surface area (Å²) in [6.07, 6.45) is 0. The molecule has 0 saturated heterocycles. The number of hydrogen-bond acceptors (Lipinski definition) is 3. The summed E-state index contributed by atoms with van der Waals surface area (Å²) in [5, 5.41) is 5.31. The van der Waals surface area contributed by atoms with Crippen LogP contribution < -0.4 is 15.4 Å². The van der Waals surface area contributed by atoms with Crippen molar-refractivity contribution in [2.45, 2.75) is 6.54 Å². The first-order valence-electron chi connectivity index (χ1n) is 4.91. The van der Waals surface area contributed by atoms with Gasteiger partial charge in [-0.1, -0.05) is 12.1 Å². The first-order chi connectivity index (χ1) is 7.69. The maximum atomic E-state index is 13.6. The van der Waals surface area contributed by atoms with Gasteiger partial charge in [-0.2, -0.15) is 0 Å². The molecule has 0 aromatic heterocycles. The topological polar surface area (TPSA) is 50.4 Å². The lowest BCUT2D eigenvalue weighted by molar-refractivity contribution is -0.119. The molecule has 16 heavy (non-hydrogen) atoms. The lowest BCUT2D eigenvalue weighted by Crippen LogP contribution is -2.31. The van der Waals surface area contributed by atoms with E-state index in [1.54, 1.807) is 25.2 Å². The van der Waals surface area contributed by atoms with E-state index in [1.807, 2.05) is 0 Å². The molecule has 4 nitrogen and oxygen atoms in total. The lowest BCUT2D eigenvalue weighted by atomic mass is 10.2. The average molecular weight is 226 g/mol. The van der Waals surface area contributed by atoms with Gasteiger partial charge in [0.1, 0.15) is 0 Å². The summed E-state index contributed by atoms with van der Waals surface area (Å²) in [5.41, 5.74) is 0.475. The number of benzene rings is 1. The van der Waals surface area contributed by atoms with Crippen LogP contribution in [0.1, 0.15) is 5.56 Å². The van der Waals surface area contributed by atoms with Crippen LogP contribution in [0.2, 0.25) is 0 Å². The lowest BCUT2D eigenvalue weighted by Gasteiger charge is -2.08. The predicted octanol–water partition coefficient (Wildman–Crippen LogP) is 0.670. The van der Waals surface area contributed by atoms with E-state index >= 15 is 0 Å². The minimum absolute atomic E-state index is 0.136. The SMILES string of the molecule is CNC(=O)CNCc1cccc(OC)c1F. The summed E-state index contributed by atoms with van der Waals surface area (Å²) in [4.78, 5) is 10.9. The van der Waals surface area contributed by atoms with Gasteiger partial charge >= 0.3 is 0 Å². The van der Waals surface area contributed by atoms with Crippen LogP contribution in [0.4, 0.5) is 4.39 Å². The number of nitrogens with one attached hydrogen (secondary N) is 2. The first kappa shape index (κ1) is 12.4. The molecule has 1 amide bonds. The Morgan fingerprint density at radius 2 is 2.25 bits per heavy atom. The fraction of sp³-hybridized carbons (Fsp3) is 0.364. The quantitative estimate of drug-likeness (QED) is 0.776. The van der Waals surface area contributed by atoms with Crippen LogP contribution >= 0.6 is 0 Å². The summed E-state index contributed by atoms with van der Waals surface area (Å²) >= 11 is 0. The number of halogens is 1. The zero-order valence-electron chi connectivity index (χ0n) is 9.34. The van der Waals surface area contributed by atoms with Crippen molar-refractivity contribution in [2.24, 2.45) is 0 Å². The summed E-state index contributed by atoms with van der Waals surface area (Å²) < 4.78 is 18.5. The van der Waals surface area contributed by atoms with Gasteiger partial charge in [0.2, 0.25) is 5.91 Å². The van der Waals surface area contributed by atoms with Gasteiger partial charge in [0, 0.05) is 19.2 Å². The van der Waals surface area contributed by atoms with E-state index in [1.165, 1.54) is 7.11 Å². The third-order valence-corrected chi connectivity index (χ3v) is 2.14. The number of hydrogen-bond donors (Lipinski definition) is 2. The van der Waals surface area contributed by atoms with Crippen molar-refractivity contribution in [2.75, 3.05) is 20.7 Å². The van der Waals surface area contributed by atoms with Gasteiger partial charge in [-0.15, -0.1) is 0 Å². The molecular formula is C11H15FN2O2. The van der Waals surface area contributed by atoms with E-state index in [0.29, 0.717) is 5.56 Å². The molecular weight excluding hydrogens is 211 g/mol. The van der Waals surface area contributed by atoms with Crippen molar-refractivity contribution < 1.29 is 13.9 Å². The van der Waals surface area contributed by atoms with Gasteiger partial charge in [-0.05, 0) is 6.07 Å². The van der Waals surface area contributed by atoms with Crippen LogP contribution in [0.15, 0.2) is 18.2 Å². The number of amides is 1. The van der Waals surface area contributed by atoms with Crippen molar-refractivity contribution in [1.82, 2.24) is 10.6 Å². The third kappa shape index (κ3) is 3.20. The van der Waals surface area contributed by atoms with Gasteiger partial charge in [0.25, 0.3) is 0 Å². The molecule has 0 radical (unpaired) electrons. The highest BCUT2D eigenvalue weighted by atomic mass is 19.1. The van der Waals surface area contributed by atoms with Crippen molar-refractivity contribution in [3.8, 4) is 5.75 Å². The number of methoxy groups -OCH3 is 1. The van der Waals surface area contributed by atoms with Gasteiger partial charge in [-0.3, -0.25) is 4.79 Å². The van der Waals surface area contributed by atoms with E-state index in [4.69, 9.17) is 4.74 Å². The van der Waals surface area contributed by atoms with Crippen LogP contribution in [0.3, 0.4) is 0 Å². The number of rotatable bonds is 5. The molecule has 0 heterocycles. The molecule has 0 spiro atoms. The number of carbonyl (C=O) groups excluding carboxylic acids is 1. The van der Waals surface area contributed by atoms with Crippen LogP contribution in [-0.2, 0) is 11.3 Å². The van der Waals surface area contributed by atoms with E-state index in [9.17, 15) is 9.18 Å². The van der Waals surface area contributed by atoms with Crippen molar-refractivity contribution >= 4 is 5.91 Å². The van der Waals surface area contributed by atoms with Crippen molar-refractivity contribution in [1.29, 1.82) is 0 Å². The average Bonchev–Trinajstić information content (AvgIpc) is 2.31. The summed E-state index contributed by atoms with van der Waals surface area (Å²) in [5.74, 6) is -0.322. The van der Waals surface area contributed by atoms with Gasteiger partial charge in [-0.25, -0.2) is 4.39 Å². The molecule has 1 aromatic carbocycles. The van der Waals surface area contributed by atoms with Crippen molar-refractivity contribution in [3.63, 3.8) is 0 Å². The van der Waals surface area contributed by atoms with Gasteiger partial charge < -0.3 is 15.4 Å². The minimum atomic E-state index is -0.394. The second-order valence-electron chi connectivity index (χ2n) is 3.21. The normalized spacial score (nSPS) is 9.94. The molecule has 0 atom stereocenters. The summed E-state index contributed by atoms with van der Waals surface area (Å²) in [7, 11) is 2.97. The number of ether oxygens (including phenoxy) is 1. The Hall–Kier alpha value is -1.62. The monoisotopic (exact) mass is 226 g/mol. The Kier molecular flexibility index (Phi) is 4.72. The highest BCUT2D eigenvalue weighted by molar-refractivity contribution is 5.77. The predicted molar refractivity (Wildman–Crippen MR) is 58.7 cm³/mol. The van der Waals surface area contributed by atoms with Gasteiger partial charge in [0.05, 0.1) is 13.7 Å². The Morgan fingerprint density at radius 3 is 2.88 bits per heavy atom. The second-order valence-corrected chi connectivity index (χ2v) is 3.21. The fourth-order valence-electron chi connectivity index (χ4n) is 1.25. The van der Waals surface area contributed by atoms with E-state index in [2.05, 4.69) is 10.6 Å². The molecule has 0 bridgehead atoms. The zero-order valence-corrected chi connectivity index (χ0v) is 9.34. The Morgan fingerprint density at radius 1 is 1.50 bits per heavy atom. The maximum absolute atomic E-state index is 13.6. The molecule has 0 aliphatic carbocycles. The van der Waals surface area contributed by atoms with Gasteiger partial charge in [0.15, 0.2) is 11.6 Å². The Bertz CT molecular complexity index is 369. The minimum Gasteiger partial charge on any atom is -0.494 e. The molecule has 0 aliphatic heterocycles. The Balaban J connectivity index is 2.57. The summed E-state index contributed by atoms with van der Waals surface area (Å²) in [6.45, 7) is 0.448. The van der Waals surface area contributed by atoms with E-state index in [0.717, 1.165) is 0 Å². The molecule has 0 fully saturated rings.